The molecule has 0 aliphatic carbocycles. The number of hydrogen-bond acceptors (Lipinski definition) is 3. The topological polar surface area (TPSA) is 58.6 Å². The Hall–Kier alpha value is -1.07. The van der Waals surface area contributed by atoms with Crippen LogP contribution in [0.1, 0.15) is 25.5 Å². The van der Waals surface area contributed by atoms with Crippen LogP contribution < -0.4 is 10.1 Å². The summed E-state index contributed by atoms with van der Waals surface area (Å²) in [6, 6.07) is 4.61. The maximum absolute atomic E-state index is 11.3. The van der Waals surface area contributed by atoms with Crippen LogP contribution in [0.5, 0.6) is 5.75 Å². The molecule has 94 valence electrons. The first kappa shape index (κ1) is 14.0. The van der Waals surface area contributed by atoms with E-state index >= 15 is 0 Å². The fraction of sp³-hybridized carbons (Fsp3) is 0.417. The Bertz CT molecular complexity index is 407. The van der Waals surface area contributed by atoms with Crippen LogP contribution in [0.3, 0.4) is 0 Å². The SMILES string of the molecule is COc1ccc(Br)cc1C(NC(C)C)C(=O)O. The van der Waals surface area contributed by atoms with Crippen LogP contribution in [0.2, 0.25) is 0 Å². The molecule has 1 aromatic rings. The highest BCUT2D eigenvalue weighted by Crippen LogP contribution is 2.29. The van der Waals surface area contributed by atoms with Gasteiger partial charge in [-0.2, -0.15) is 0 Å². The van der Waals surface area contributed by atoms with E-state index in [1.165, 1.54) is 7.11 Å². The van der Waals surface area contributed by atoms with Crippen molar-refractivity contribution in [2.75, 3.05) is 7.11 Å². The molecule has 1 aromatic carbocycles. The summed E-state index contributed by atoms with van der Waals surface area (Å²) in [5, 5.41) is 12.3. The van der Waals surface area contributed by atoms with Crippen molar-refractivity contribution in [3.8, 4) is 5.75 Å². The molecule has 2 N–H and O–H groups in total. The average molecular weight is 302 g/mol. The molecule has 0 radical (unpaired) electrons. The number of carboxylic acid groups (broad SMARTS) is 1. The molecule has 1 atom stereocenters. The number of nitrogens with one attached hydrogen (secondary N) is 1. The number of aliphatic carboxylic acids is 1. The Morgan fingerprint density at radius 1 is 1.47 bits per heavy atom. The van der Waals surface area contributed by atoms with Crippen LogP contribution >= 0.6 is 15.9 Å². The maximum atomic E-state index is 11.3. The third-order valence-electron chi connectivity index (χ3n) is 2.25. The first-order valence-electron chi connectivity index (χ1n) is 5.28. The van der Waals surface area contributed by atoms with Crippen molar-refractivity contribution in [3.05, 3.63) is 28.2 Å². The largest absolute Gasteiger partial charge is 0.496 e. The molecule has 0 bridgehead atoms. The van der Waals surface area contributed by atoms with Gasteiger partial charge in [0, 0.05) is 16.1 Å². The fourth-order valence-electron chi connectivity index (χ4n) is 1.56. The van der Waals surface area contributed by atoms with Gasteiger partial charge in [-0.1, -0.05) is 15.9 Å². The number of benzene rings is 1. The third-order valence-corrected chi connectivity index (χ3v) is 2.74. The summed E-state index contributed by atoms with van der Waals surface area (Å²) in [5.41, 5.74) is 0.614. The molecule has 1 rings (SSSR count). The van der Waals surface area contributed by atoms with Gasteiger partial charge in [-0.15, -0.1) is 0 Å². The van der Waals surface area contributed by atoms with E-state index in [1.807, 2.05) is 19.9 Å². The molecule has 0 aliphatic heterocycles. The van der Waals surface area contributed by atoms with E-state index in [1.54, 1.807) is 12.1 Å². The number of ether oxygens (including phenoxy) is 1. The second-order valence-corrected chi connectivity index (χ2v) is 4.89. The monoisotopic (exact) mass is 301 g/mol. The van der Waals surface area contributed by atoms with Gasteiger partial charge in [0.25, 0.3) is 0 Å². The molecule has 17 heavy (non-hydrogen) atoms. The van der Waals surface area contributed by atoms with Crippen LogP contribution in [0, 0.1) is 0 Å². The second-order valence-electron chi connectivity index (χ2n) is 3.98. The van der Waals surface area contributed by atoms with Crippen LogP contribution in [0.25, 0.3) is 0 Å². The zero-order valence-corrected chi connectivity index (χ0v) is 11.6. The molecule has 0 fully saturated rings. The lowest BCUT2D eigenvalue weighted by Crippen LogP contribution is -2.33. The molecule has 0 aromatic heterocycles. The van der Waals surface area contributed by atoms with Gasteiger partial charge in [0.15, 0.2) is 0 Å². The highest BCUT2D eigenvalue weighted by molar-refractivity contribution is 9.10. The smallest absolute Gasteiger partial charge is 0.325 e. The molecule has 1 unspecified atom stereocenters. The molecule has 0 heterocycles. The molecular formula is C12H16BrNO3. The van der Waals surface area contributed by atoms with E-state index < -0.39 is 12.0 Å². The highest BCUT2D eigenvalue weighted by atomic mass is 79.9. The van der Waals surface area contributed by atoms with E-state index in [0.29, 0.717) is 11.3 Å². The Kier molecular flexibility index (Phi) is 4.96. The van der Waals surface area contributed by atoms with Gasteiger partial charge in [-0.05, 0) is 32.0 Å². The summed E-state index contributed by atoms with van der Waals surface area (Å²) in [7, 11) is 1.53. The summed E-state index contributed by atoms with van der Waals surface area (Å²) in [5.74, 6) is -0.358. The Labute approximate surface area is 109 Å². The Morgan fingerprint density at radius 2 is 2.12 bits per heavy atom. The van der Waals surface area contributed by atoms with Gasteiger partial charge in [0.05, 0.1) is 7.11 Å². The number of carboxylic acids is 1. The summed E-state index contributed by atoms with van der Waals surface area (Å²) < 4.78 is 6.01. The summed E-state index contributed by atoms with van der Waals surface area (Å²) in [4.78, 5) is 11.3. The summed E-state index contributed by atoms with van der Waals surface area (Å²) >= 11 is 3.33. The summed E-state index contributed by atoms with van der Waals surface area (Å²) in [6.07, 6.45) is 0. The van der Waals surface area contributed by atoms with Gasteiger partial charge < -0.3 is 9.84 Å². The van der Waals surface area contributed by atoms with Crippen molar-refractivity contribution >= 4 is 21.9 Å². The zero-order valence-electron chi connectivity index (χ0n) is 10.0. The van der Waals surface area contributed by atoms with E-state index in [-0.39, 0.29) is 6.04 Å². The van der Waals surface area contributed by atoms with Gasteiger partial charge in [0.1, 0.15) is 11.8 Å². The van der Waals surface area contributed by atoms with Crippen LogP contribution in [-0.2, 0) is 4.79 Å². The van der Waals surface area contributed by atoms with E-state index in [0.717, 1.165) is 4.47 Å². The van der Waals surface area contributed by atoms with Crippen molar-refractivity contribution in [3.63, 3.8) is 0 Å². The Morgan fingerprint density at radius 3 is 2.59 bits per heavy atom. The quantitative estimate of drug-likeness (QED) is 0.877. The Balaban J connectivity index is 3.16. The lowest BCUT2D eigenvalue weighted by Gasteiger charge is -2.20. The standard InChI is InChI=1S/C12H16BrNO3/c1-7(2)14-11(12(15)16)9-6-8(13)4-5-10(9)17-3/h4-7,11,14H,1-3H3,(H,15,16). The number of carbonyl (C=O) groups is 1. The molecule has 5 heteroatoms. The average Bonchev–Trinajstić information content (AvgIpc) is 2.25. The third kappa shape index (κ3) is 3.71. The van der Waals surface area contributed by atoms with Crippen LogP contribution in [0.15, 0.2) is 22.7 Å². The number of methoxy groups -OCH3 is 1. The van der Waals surface area contributed by atoms with Crippen molar-refractivity contribution in [1.29, 1.82) is 0 Å². The van der Waals surface area contributed by atoms with Crippen molar-refractivity contribution in [2.45, 2.75) is 25.9 Å². The predicted octanol–water partition coefficient (Wildman–Crippen LogP) is 2.58. The van der Waals surface area contributed by atoms with Crippen LogP contribution in [0.4, 0.5) is 0 Å². The number of hydrogen-bond donors (Lipinski definition) is 2. The maximum Gasteiger partial charge on any atom is 0.325 e. The lowest BCUT2D eigenvalue weighted by molar-refractivity contribution is -0.139. The first-order chi connectivity index (χ1) is 7.95. The van der Waals surface area contributed by atoms with Gasteiger partial charge >= 0.3 is 5.97 Å². The van der Waals surface area contributed by atoms with Crippen molar-refractivity contribution in [2.24, 2.45) is 0 Å². The lowest BCUT2D eigenvalue weighted by atomic mass is 10.1. The predicted molar refractivity (Wildman–Crippen MR) is 69.3 cm³/mol. The zero-order chi connectivity index (χ0) is 13.0. The second kappa shape index (κ2) is 6.02. The molecule has 0 spiro atoms. The van der Waals surface area contributed by atoms with E-state index in [4.69, 9.17) is 4.74 Å². The molecule has 4 nitrogen and oxygen atoms in total. The van der Waals surface area contributed by atoms with Gasteiger partial charge in [0.2, 0.25) is 0 Å². The van der Waals surface area contributed by atoms with Gasteiger partial charge in [-0.3, -0.25) is 10.1 Å². The minimum absolute atomic E-state index is 0.0692. The molecule has 0 aliphatic rings. The molecule has 0 saturated heterocycles. The molecule has 0 saturated carbocycles. The van der Waals surface area contributed by atoms with Crippen molar-refractivity contribution in [1.82, 2.24) is 5.32 Å². The van der Waals surface area contributed by atoms with E-state index in [9.17, 15) is 9.90 Å². The minimum atomic E-state index is -0.921. The van der Waals surface area contributed by atoms with E-state index in [2.05, 4.69) is 21.2 Å². The number of rotatable bonds is 5. The number of halogens is 1. The molecular weight excluding hydrogens is 286 g/mol. The normalized spacial score (nSPS) is 12.5. The van der Waals surface area contributed by atoms with Gasteiger partial charge in [-0.25, -0.2) is 0 Å². The van der Waals surface area contributed by atoms with Crippen LogP contribution in [-0.4, -0.2) is 24.2 Å². The first-order valence-corrected chi connectivity index (χ1v) is 6.07. The molecule has 0 amide bonds. The highest BCUT2D eigenvalue weighted by Gasteiger charge is 2.24. The fourth-order valence-corrected chi connectivity index (χ4v) is 1.94. The van der Waals surface area contributed by atoms with Crippen molar-refractivity contribution < 1.29 is 14.6 Å². The summed E-state index contributed by atoms with van der Waals surface area (Å²) in [6.45, 7) is 3.81. The minimum Gasteiger partial charge on any atom is -0.496 e.